The minimum atomic E-state index is -0.256. The molecule has 7 heteroatoms. The van der Waals surface area contributed by atoms with E-state index in [0.29, 0.717) is 42.5 Å². The van der Waals surface area contributed by atoms with E-state index in [2.05, 4.69) is 10.6 Å². The van der Waals surface area contributed by atoms with Crippen LogP contribution in [0.2, 0.25) is 5.02 Å². The van der Waals surface area contributed by atoms with Gasteiger partial charge in [0.05, 0.1) is 5.92 Å². The molecular weight excluding hydrogens is 380 g/mol. The molecule has 1 heterocycles. The van der Waals surface area contributed by atoms with Crippen molar-refractivity contribution in [1.82, 2.24) is 5.32 Å². The first-order valence-electron chi connectivity index (χ1n) is 9.16. The van der Waals surface area contributed by atoms with Crippen LogP contribution in [-0.4, -0.2) is 38.7 Å². The Morgan fingerprint density at radius 2 is 2.11 bits per heavy atom. The molecule has 148 valence electrons. The van der Waals surface area contributed by atoms with Gasteiger partial charge in [-0.15, -0.1) is 0 Å². The molecule has 0 spiro atoms. The van der Waals surface area contributed by atoms with E-state index in [0.717, 1.165) is 17.7 Å². The Morgan fingerprint density at radius 1 is 1.25 bits per heavy atom. The summed E-state index contributed by atoms with van der Waals surface area (Å²) in [6.07, 6.45) is 1.33. The molecule has 0 aliphatic carbocycles. The fourth-order valence-electron chi connectivity index (χ4n) is 3.05. The highest BCUT2D eigenvalue weighted by Crippen LogP contribution is 2.30. The number of amides is 2. The van der Waals surface area contributed by atoms with E-state index in [1.54, 1.807) is 37.4 Å². The first kappa shape index (κ1) is 20.2. The average molecular weight is 403 g/mol. The topological polar surface area (TPSA) is 76.7 Å². The summed E-state index contributed by atoms with van der Waals surface area (Å²) in [5, 5.41) is 6.28. The van der Waals surface area contributed by atoms with E-state index >= 15 is 0 Å². The number of fused-ring (bicyclic) bond motifs is 1. The van der Waals surface area contributed by atoms with Crippen molar-refractivity contribution < 1.29 is 19.1 Å². The molecule has 2 N–H and O–H groups in total. The smallest absolute Gasteiger partial charge is 0.255 e. The fraction of sp³-hybridized carbons (Fsp3) is 0.333. The van der Waals surface area contributed by atoms with E-state index < -0.39 is 0 Å². The summed E-state index contributed by atoms with van der Waals surface area (Å²) < 4.78 is 10.7. The van der Waals surface area contributed by atoms with E-state index in [-0.39, 0.29) is 17.7 Å². The van der Waals surface area contributed by atoms with Crippen molar-refractivity contribution in [3.63, 3.8) is 0 Å². The summed E-state index contributed by atoms with van der Waals surface area (Å²) in [5.74, 6) is 0.208. The third-order valence-corrected chi connectivity index (χ3v) is 4.74. The summed E-state index contributed by atoms with van der Waals surface area (Å²) in [4.78, 5) is 24.7. The molecule has 0 bridgehead atoms. The Kier molecular flexibility index (Phi) is 6.90. The van der Waals surface area contributed by atoms with Crippen LogP contribution < -0.4 is 15.4 Å². The number of ether oxygens (including phenoxy) is 2. The van der Waals surface area contributed by atoms with Gasteiger partial charge in [0.1, 0.15) is 12.4 Å². The number of nitrogens with one attached hydrogen (secondary N) is 2. The number of anilines is 1. The summed E-state index contributed by atoms with van der Waals surface area (Å²) in [7, 11) is 1.64. The van der Waals surface area contributed by atoms with Crippen LogP contribution in [0.4, 0.5) is 5.69 Å². The summed E-state index contributed by atoms with van der Waals surface area (Å²) in [6.45, 7) is 1.53. The second kappa shape index (κ2) is 9.57. The van der Waals surface area contributed by atoms with Gasteiger partial charge < -0.3 is 20.1 Å². The molecule has 1 aliphatic rings. The molecule has 28 heavy (non-hydrogen) atoms. The highest BCUT2D eigenvalue weighted by molar-refractivity contribution is 6.31. The predicted octanol–water partition coefficient (Wildman–Crippen LogP) is 3.30. The standard InChI is InChI=1S/C21H23ClN2O4/c1-27-9-3-8-23-20(25)16-10-15-12-18(6-7-19(15)28-13-16)24-21(26)14-4-2-5-17(22)11-14/h2,4-7,11-12,16H,3,8-10,13H2,1H3,(H,23,25)(H,24,26). The van der Waals surface area contributed by atoms with Crippen molar-refractivity contribution >= 4 is 29.1 Å². The monoisotopic (exact) mass is 402 g/mol. The Bertz CT molecular complexity index is 856. The van der Waals surface area contributed by atoms with Crippen molar-refractivity contribution in [3.8, 4) is 5.75 Å². The third-order valence-electron chi connectivity index (χ3n) is 4.51. The molecule has 0 radical (unpaired) electrons. The number of carbonyl (C=O) groups is 2. The molecule has 6 nitrogen and oxygen atoms in total. The highest BCUT2D eigenvalue weighted by Gasteiger charge is 2.26. The minimum Gasteiger partial charge on any atom is -0.492 e. The second-order valence-electron chi connectivity index (χ2n) is 6.64. The van der Waals surface area contributed by atoms with Crippen LogP contribution in [0.5, 0.6) is 5.75 Å². The van der Waals surface area contributed by atoms with Gasteiger partial charge in [-0.1, -0.05) is 17.7 Å². The van der Waals surface area contributed by atoms with Crippen LogP contribution in [-0.2, 0) is 16.0 Å². The largest absolute Gasteiger partial charge is 0.492 e. The summed E-state index contributed by atoms with van der Waals surface area (Å²) >= 11 is 5.94. The molecule has 0 saturated heterocycles. The Balaban J connectivity index is 1.63. The van der Waals surface area contributed by atoms with Gasteiger partial charge in [0.25, 0.3) is 5.91 Å². The van der Waals surface area contributed by atoms with Gasteiger partial charge in [-0.3, -0.25) is 9.59 Å². The normalized spacial score (nSPS) is 15.3. The molecule has 2 aromatic carbocycles. The number of carbonyl (C=O) groups excluding carboxylic acids is 2. The van der Waals surface area contributed by atoms with Gasteiger partial charge in [0, 0.05) is 36.5 Å². The maximum absolute atomic E-state index is 12.4. The van der Waals surface area contributed by atoms with Crippen molar-refractivity contribution in [2.75, 3.05) is 32.2 Å². The number of methoxy groups -OCH3 is 1. The zero-order valence-corrected chi connectivity index (χ0v) is 16.4. The molecule has 1 aliphatic heterocycles. The molecule has 1 atom stereocenters. The molecule has 0 aromatic heterocycles. The molecule has 0 fully saturated rings. The lowest BCUT2D eigenvalue weighted by Crippen LogP contribution is -2.38. The van der Waals surface area contributed by atoms with Crippen LogP contribution in [0.25, 0.3) is 0 Å². The van der Waals surface area contributed by atoms with Gasteiger partial charge in [-0.25, -0.2) is 0 Å². The van der Waals surface area contributed by atoms with Crippen LogP contribution in [0, 0.1) is 5.92 Å². The average Bonchev–Trinajstić information content (AvgIpc) is 2.70. The first-order chi connectivity index (χ1) is 13.6. The van der Waals surface area contributed by atoms with Gasteiger partial charge in [0.2, 0.25) is 5.91 Å². The zero-order chi connectivity index (χ0) is 19.9. The summed E-state index contributed by atoms with van der Waals surface area (Å²) in [5.41, 5.74) is 2.02. The predicted molar refractivity (Wildman–Crippen MR) is 108 cm³/mol. The van der Waals surface area contributed by atoms with Crippen molar-refractivity contribution in [3.05, 3.63) is 58.6 Å². The Hall–Kier alpha value is -2.57. The lowest BCUT2D eigenvalue weighted by atomic mass is 9.95. The van der Waals surface area contributed by atoms with Gasteiger partial charge in [-0.2, -0.15) is 0 Å². The third kappa shape index (κ3) is 5.24. The molecule has 1 unspecified atom stereocenters. The van der Waals surface area contributed by atoms with E-state index in [1.165, 1.54) is 0 Å². The maximum Gasteiger partial charge on any atom is 0.255 e. The first-order valence-corrected chi connectivity index (χ1v) is 9.54. The molecule has 3 rings (SSSR count). The van der Waals surface area contributed by atoms with E-state index in [4.69, 9.17) is 21.1 Å². The maximum atomic E-state index is 12.4. The van der Waals surface area contributed by atoms with Crippen LogP contribution in [0.1, 0.15) is 22.3 Å². The summed E-state index contributed by atoms with van der Waals surface area (Å²) in [6, 6.07) is 12.2. The van der Waals surface area contributed by atoms with Crippen LogP contribution in [0.3, 0.4) is 0 Å². The molecule has 2 amide bonds. The lowest BCUT2D eigenvalue weighted by Gasteiger charge is -2.25. The van der Waals surface area contributed by atoms with E-state index in [9.17, 15) is 9.59 Å². The molecular formula is C21H23ClN2O4. The quantitative estimate of drug-likeness (QED) is 0.697. The van der Waals surface area contributed by atoms with Crippen molar-refractivity contribution in [1.29, 1.82) is 0 Å². The number of halogens is 1. The molecule has 2 aromatic rings. The van der Waals surface area contributed by atoms with Crippen LogP contribution >= 0.6 is 11.6 Å². The minimum absolute atomic E-state index is 0.0323. The zero-order valence-electron chi connectivity index (χ0n) is 15.7. The van der Waals surface area contributed by atoms with Gasteiger partial charge in [0.15, 0.2) is 0 Å². The lowest BCUT2D eigenvalue weighted by molar-refractivity contribution is -0.126. The van der Waals surface area contributed by atoms with Crippen LogP contribution in [0.15, 0.2) is 42.5 Å². The van der Waals surface area contributed by atoms with Gasteiger partial charge in [-0.05, 0) is 54.8 Å². The number of hydrogen-bond acceptors (Lipinski definition) is 4. The number of hydrogen-bond donors (Lipinski definition) is 2. The SMILES string of the molecule is COCCCNC(=O)C1COc2ccc(NC(=O)c3cccc(Cl)c3)cc2C1. The number of rotatable bonds is 7. The second-order valence-corrected chi connectivity index (χ2v) is 7.07. The van der Waals surface area contributed by atoms with Gasteiger partial charge >= 0.3 is 0 Å². The van der Waals surface area contributed by atoms with Crippen molar-refractivity contribution in [2.24, 2.45) is 5.92 Å². The molecule has 0 saturated carbocycles. The fourth-order valence-corrected chi connectivity index (χ4v) is 3.24. The highest BCUT2D eigenvalue weighted by atomic mass is 35.5. The van der Waals surface area contributed by atoms with E-state index in [1.807, 2.05) is 12.1 Å². The van der Waals surface area contributed by atoms with Crippen molar-refractivity contribution in [2.45, 2.75) is 12.8 Å². The Morgan fingerprint density at radius 3 is 2.89 bits per heavy atom. The number of benzene rings is 2. The Labute approximate surface area is 169 Å².